The van der Waals surface area contributed by atoms with Crippen molar-refractivity contribution in [2.45, 2.75) is 13.8 Å². The molecule has 1 N–H and O–H groups in total. The second kappa shape index (κ2) is 4.80. The van der Waals surface area contributed by atoms with Crippen LogP contribution in [0, 0.1) is 17.3 Å². The number of allylic oxidation sites excluding steroid dienone is 1. The molecule has 0 bridgehead atoms. The Kier molecular flexibility index (Phi) is 3.79. The first-order valence-corrected chi connectivity index (χ1v) is 5.37. The molecule has 0 aliphatic heterocycles. The number of carbonyl (C=O) groups is 3. The van der Waals surface area contributed by atoms with Crippen molar-refractivity contribution < 1.29 is 29.0 Å². The van der Waals surface area contributed by atoms with E-state index in [1.54, 1.807) is 0 Å². The molecular weight excluding hydrogens is 240 g/mol. The van der Waals surface area contributed by atoms with E-state index in [9.17, 15) is 19.5 Å². The number of carbonyl (C=O) groups excluding carboxylic acids is 3. The van der Waals surface area contributed by atoms with Crippen molar-refractivity contribution in [3.8, 4) is 0 Å². The van der Waals surface area contributed by atoms with E-state index in [0.717, 1.165) is 13.2 Å². The van der Waals surface area contributed by atoms with Crippen LogP contribution in [0.5, 0.6) is 0 Å². The van der Waals surface area contributed by atoms with Gasteiger partial charge >= 0.3 is 11.9 Å². The molecule has 0 radical (unpaired) electrons. The van der Waals surface area contributed by atoms with Crippen molar-refractivity contribution >= 4 is 17.7 Å². The molecule has 0 aromatic rings. The van der Waals surface area contributed by atoms with Crippen molar-refractivity contribution in [2.24, 2.45) is 17.3 Å². The molecule has 6 nitrogen and oxygen atoms in total. The predicted molar refractivity (Wildman–Crippen MR) is 60.5 cm³/mol. The minimum atomic E-state index is -1.14. The predicted octanol–water partition coefficient (Wildman–Crippen LogP) is 0.616. The van der Waals surface area contributed by atoms with Gasteiger partial charge in [-0.25, -0.2) is 0 Å². The van der Waals surface area contributed by atoms with Crippen LogP contribution >= 0.6 is 0 Å². The lowest BCUT2D eigenvalue weighted by Crippen LogP contribution is -2.49. The molecule has 6 heteroatoms. The molecule has 0 fully saturated rings. The highest BCUT2D eigenvalue weighted by Crippen LogP contribution is 2.44. The Bertz CT molecular complexity index is 420. The first-order valence-electron chi connectivity index (χ1n) is 5.37. The van der Waals surface area contributed by atoms with E-state index in [-0.39, 0.29) is 0 Å². The van der Waals surface area contributed by atoms with Gasteiger partial charge in [-0.15, -0.1) is 0 Å². The number of ketones is 1. The van der Waals surface area contributed by atoms with Gasteiger partial charge in [-0.05, 0) is 0 Å². The second-order valence-corrected chi connectivity index (χ2v) is 4.71. The first-order chi connectivity index (χ1) is 8.27. The molecule has 0 saturated carbocycles. The maximum Gasteiger partial charge on any atom is 0.317 e. The van der Waals surface area contributed by atoms with E-state index in [1.807, 2.05) is 0 Å². The van der Waals surface area contributed by atoms with E-state index in [0.29, 0.717) is 0 Å². The minimum absolute atomic E-state index is 0.392. The van der Waals surface area contributed by atoms with Crippen molar-refractivity contribution in [2.75, 3.05) is 14.2 Å². The Morgan fingerprint density at radius 2 is 1.61 bits per heavy atom. The third-order valence-corrected chi connectivity index (χ3v) is 3.23. The van der Waals surface area contributed by atoms with Crippen LogP contribution < -0.4 is 0 Å². The van der Waals surface area contributed by atoms with E-state index in [4.69, 9.17) is 0 Å². The van der Waals surface area contributed by atoms with Gasteiger partial charge in [0.2, 0.25) is 0 Å². The van der Waals surface area contributed by atoms with Crippen LogP contribution in [0.2, 0.25) is 0 Å². The molecule has 0 heterocycles. The molecule has 0 saturated heterocycles. The number of aliphatic hydroxyl groups is 1. The fourth-order valence-electron chi connectivity index (χ4n) is 2.31. The number of rotatable bonds is 2. The largest absolute Gasteiger partial charge is 0.511 e. The smallest absolute Gasteiger partial charge is 0.317 e. The summed E-state index contributed by atoms with van der Waals surface area (Å²) in [6, 6.07) is 0. The van der Waals surface area contributed by atoms with Crippen LogP contribution in [-0.2, 0) is 23.9 Å². The van der Waals surface area contributed by atoms with Gasteiger partial charge < -0.3 is 14.6 Å². The van der Waals surface area contributed by atoms with Gasteiger partial charge in [0.05, 0.1) is 14.2 Å². The highest BCUT2D eigenvalue weighted by Gasteiger charge is 2.53. The Labute approximate surface area is 105 Å². The zero-order chi connectivity index (χ0) is 14.1. The van der Waals surface area contributed by atoms with Crippen LogP contribution in [-0.4, -0.2) is 37.0 Å². The normalized spacial score (nSPS) is 26.2. The first kappa shape index (κ1) is 14.2. The summed E-state index contributed by atoms with van der Waals surface area (Å²) in [4.78, 5) is 35.1. The molecule has 0 spiro atoms. The maximum atomic E-state index is 11.8. The standard InChI is InChI=1S/C12H16O6/c1-12(2)8(10(15)17-3)6(13)5-7(14)9(12)11(16)18-4/h5,8-9,13H,1-4H3/t8-,9+/m0/s1. The summed E-state index contributed by atoms with van der Waals surface area (Å²) in [5, 5.41) is 9.74. The maximum absolute atomic E-state index is 11.8. The van der Waals surface area contributed by atoms with E-state index < -0.39 is 40.7 Å². The molecule has 0 unspecified atom stereocenters. The molecule has 100 valence electrons. The van der Waals surface area contributed by atoms with Crippen LogP contribution in [0.25, 0.3) is 0 Å². The topological polar surface area (TPSA) is 89.9 Å². The fourth-order valence-corrected chi connectivity index (χ4v) is 2.31. The summed E-state index contributed by atoms with van der Waals surface area (Å²) in [6.07, 6.45) is 0.883. The molecule has 1 aliphatic carbocycles. The monoisotopic (exact) mass is 256 g/mol. The zero-order valence-corrected chi connectivity index (χ0v) is 10.7. The van der Waals surface area contributed by atoms with Crippen molar-refractivity contribution in [1.29, 1.82) is 0 Å². The highest BCUT2D eigenvalue weighted by molar-refractivity contribution is 6.08. The number of hydrogen-bond donors (Lipinski definition) is 1. The number of esters is 2. The molecule has 1 aliphatic rings. The quantitative estimate of drug-likeness (QED) is 0.575. The lowest BCUT2D eigenvalue weighted by molar-refractivity contribution is -0.161. The second-order valence-electron chi connectivity index (χ2n) is 4.71. The number of hydrogen-bond acceptors (Lipinski definition) is 6. The van der Waals surface area contributed by atoms with Gasteiger partial charge in [-0.2, -0.15) is 0 Å². The van der Waals surface area contributed by atoms with Crippen LogP contribution in [0.1, 0.15) is 13.8 Å². The van der Waals surface area contributed by atoms with Gasteiger partial charge in [0, 0.05) is 11.5 Å². The van der Waals surface area contributed by atoms with Gasteiger partial charge in [0.1, 0.15) is 17.6 Å². The Morgan fingerprint density at radius 1 is 1.17 bits per heavy atom. The van der Waals surface area contributed by atoms with Crippen LogP contribution in [0.4, 0.5) is 0 Å². The van der Waals surface area contributed by atoms with E-state index >= 15 is 0 Å². The number of methoxy groups -OCH3 is 2. The molecule has 2 atom stereocenters. The van der Waals surface area contributed by atoms with Gasteiger partial charge in [0.15, 0.2) is 5.78 Å². The van der Waals surface area contributed by atoms with E-state index in [2.05, 4.69) is 9.47 Å². The molecular formula is C12H16O6. The molecule has 0 aromatic carbocycles. The van der Waals surface area contributed by atoms with Gasteiger partial charge in [0.25, 0.3) is 0 Å². The Morgan fingerprint density at radius 3 is 2.06 bits per heavy atom. The fraction of sp³-hybridized carbons (Fsp3) is 0.583. The number of ether oxygens (including phenoxy) is 2. The lowest BCUT2D eigenvalue weighted by Gasteiger charge is -2.38. The summed E-state index contributed by atoms with van der Waals surface area (Å²) in [5.41, 5.74) is -1.11. The summed E-state index contributed by atoms with van der Waals surface area (Å²) < 4.78 is 9.16. The molecule has 0 aromatic heterocycles. The molecule has 1 rings (SSSR count). The molecule has 0 amide bonds. The zero-order valence-electron chi connectivity index (χ0n) is 10.7. The van der Waals surface area contributed by atoms with Crippen molar-refractivity contribution in [1.82, 2.24) is 0 Å². The third-order valence-electron chi connectivity index (χ3n) is 3.23. The van der Waals surface area contributed by atoms with Crippen LogP contribution in [0.3, 0.4) is 0 Å². The SMILES string of the molecule is COC(=O)[C@H]1C(=O)C=C(O)[C@@H](C(=O)OC)C1(C)C. The summed E-state index contributed by atoms with van der Waals surface area (Å²) in [7, 11) is 2.34. The average Bonchev–Trinajstić information content (AvgIpc) is 2.26. The summed E-state index contributed by atoms with van der Waals surface area (Å²) in [6.45, 7) is 3.08. The molecule has 18 heavy (non-hydrogen) atoms. The van der Waals surface area contributed by atoms with Gasteiger partial charge in [-0.1, -0.05) is 13.8 Å². The Balaban J connectivity index is 3.30. The van der Waals surface area contributed by atoms with Crippen LogP contribution in [0.15, 0.2) is 11.8 Å². The third kappa shape index (κ3) is 2.10. The van der Waals surface area contributed by atoms with Gasteiger partial charge in [-0.3, -0.25) is 14.4 Å². The summed E-state index contributed by atoms with van der Waals surface area (Å²) in [5.74, 6) is -4.61. The van der Waals surface area contributed by atoms with Crippen molar-refractivity contribution in [3.05, 3.63) is 11.8 Å². The number of aliphatic hydroxyl groups excluding tert-OH is 1. The summed E-state index contributed by atoms with van der Waals surface area (Å²) >= 11 is 0. The van der Waals surface area contributed by atoms with Crippen molar-refractivity contribution in [3.63, 3.8) is 0 Å². The lowest BCUT2D eigenvalue weighted by atomic mass is 9.63. The minimum Gasteiger partial charge on any atom is -0.511 e. The average molecular weight is 256 g/mol. The van der Waals surface area contributed by atoms with E-state index in [1.165, 1.54) is 21.0 Å². The Hall–Kier alpha value is -1.85. The highest BCUT2D eigenvalue weighted by atomic mass is 16.5.